The van der Waals surface area contributed by atoms with E-state index in [9.17, 15) is 5.11 Å². The Bertz CT molecular complexity index is 1020. The van der Waals surface area contributed by atoms with Crippen LogP contribution in [0.5, 0.6) is 11.8 Å². The molecule has 4 rings (SSSR count). The Morgan fingerprint density at radius 3 is 2.45 bits per heavy atom. The van der Waals surface area contributed by atoms with Crippen LogP contribution in [0.15, 0.2) is 42.5 Å². The van der Waals surface area contributed by atoms with Crippen molar-refractivity contribution in [3.8, 4) is 34.5 Å². The number of benzene rings is 2. The van der Waals surface area contributed by atoms with E-state index in [0.717, 1.165) is 23.5 Å². The molecule has 2 aromatic carbocycles. The number of nitrogens with zero attached hydrogens (tertiary/aromatic N) is 3. The van der Waals surface area contributed by atoms with E-state index in [1.165, 1.54) is 12.8 Å². The maximum Gasteiger partial charge on any atom is 0.318 e. The Kier molecular flexibility index (Phi) is 5.39. The average Bonchev–Trinajstić information content (AvgIpc) is 3.45. The molecule has 29 heavy (non-hydrogen) atoms. The van der Waals surface area contributed by atoms with E-state index in [0.29, 0.717) is 34.3 Å². The summed E-state index contributed by atoms with van der Waals surface area (Å²) in [4.78, 5) is 12.6. The van der Waals surface area contributed by atoms with Gasteiger partial charge < -0.3 is 14.6 Å². The van der Waals surface area contributed by atoms with Gasteiger partial charge in [-0.2, -0.15) is 9.97 Å². The Balaban J connectivity index is 1.61. The van der Waals surface area contributed by atoms with E-state index in [1.807, 2.05) is 36.4 Å². The zero-order valence-electron chi connectivity index (χ0n) is 16.4. The summed E-state index contributed by atoms with van der Waals surface area (Å²) in [6, 6.07) is 12.6. The van der Waals surface area contributed by atoms with Crippen molar-refractivity contribution in [3.63, 3.8) is 0 Å². The second-order valence-electron chi connectivity index (χ2n) is 7.65. The van der Waals surface area contributed by atoms with Crippen molar-refractivity contribution in [3.05, 3.63) is 53.1 Å². The predicted molar refractivity (Wildman–Crippen MR) is 111 cm³/mol. The summed E-state index contributed by atoms with van der Waals surface area (Å²) in [5, 5.41) is 10.5. The lowest BCUT2D eigenvalue weighted by Crippen LogP contribution is -2.08. The van der Waals surface area contributed by atoms with Crippen LogP contribution < -0.4 is 4.74 Å². The lowest BCUT2D eigenvalue weighted by atomic mass is 10.1. The number of methoxy groups -OCH3 is 1. The number of aromatic nitrogens is 3. The molecule has 6 nitrogen and oxygen atoms in total. The third kappa shape index (κ3) is 4.66. The van der Waals surface area contributed by atoms with Crippen LogP contribution in [-0.4, -0.2) is 33.8 Å². The van der Waals surface area contributed by atoms with Gasteiger partial charge in [-0.3, -0.25) is 0 Å². The van der Waals surface area contributed by atoms with Gasteiger partial charge in [-0.05, 0) is 54.8 Å². The fraction of sp³-hybridized carbons (Fsp3) is 0.318. The molecule has 0 unspecified atom stereocenters. The summed E-state index contributed by atoms with van der Waals surface area (Å²) in [6.07, 6.45) is 2.43. The lowest BCUT2D eigenvalue weighted by molar-refractivity contribution is 0.185. The third-order valence-corrected chi connectivity index (χ3v) is 5.34. The second kappa shape index (κ2) is 7.97. The number of halogens is 1. The first kappa shape index (κ1) is 19.6. The van der Waals surface area contributed by atoms with Gasteiger partial charge in [-0.15, -0.1) is 0 Å². The van der Waals surface area contributed by atoms with Gasteiger partial charge in [-0.25, -0.2) is 4.98 Å². The Labute approximate surface area is 174 Å². The van der Waals surface area contributed by atoms with Crippen molar-refractivity contribution in [2.45, 2.75) is 26.4 Å². The lowest BCUT2D eigenvalue weighted by Gasteiger charge is -2.11. The van der Waals surface area contributed by atoms with Crippen LogP contribution in [0.1, 0.15) is 25.3 Å². The third-order valence-electron chi connectivity index (χ3n) is 5.01. The summed E-state index contributed by atoms with van der Waals surface area (Å²) >= 11 is 6.34. The minimum absolute atomic E-state index is 0.303. The van der Waals surface area contributed by atoms with Crippen molar-refractivity contribution in [1.29, 1.82) is 0 Å². The zero-order valence-corrected chi connectivity index (χ0v) is 17.1. The number of ether oxygens (including phenoxy) is 2. The molecule has 0 spiro atoms. The molecule has 0 bridgehead atoms. The van der Waals surface area contributed by atoms with E-state index in [-0.39, 0.29) is 6.01 Å². The van der Waals surface area contributed by atoms with Gasteiger partial charge in [-0.1, -0.05) is 24.6 Å². The van der Waals surface area contributed by atoms with Crippen LogP contribution in [0.25, 0.3) is 22.8 Å². The molecule has 1 saturated carbocycles. The molecule has 1 N–H and O–H groups in total. The summed E-state index contributed by atoms with van der Waals surface area (Å²) in [7, 11) is 1.62. The maximum atomic E-state index is 10.1. The highest BCUT2D eigenvalue weighted by Gasteiger charge is 2.38. The standard InChI is InChI=1S/C22H22ClN3O3/c1-22(9-10-22)13-29-16-6-4-15(5-7-16)19-24-20(26-21(27)25-19)17-11-14(12-28-2)3-8-18(17)23/h3-8,11H,9-10,12-13H2,1-2H3,(H,24,25,26,27). The van der Waals surface area contributed by atoms with Gasteiger partial charge in [0.15, 0.2) is 11.6 Å². The molecule has 1 heterocycles. The molecule has 150 valence electrons. The molecule has 0 atom stereocenters. The second-order valence-corrected chi connectivity index (χ2v) is 8.06. The number of hydrogen-bond donors (Lipinski definition) is 1. The fourth-order valence-corrected chi connectivity index (χ4v) is 3.13. The summed E-state index contributed by atoms with van der Waals surface area (Å²) in [5.41, 5.74) is 2.61. The molecule has 0 radical (unpaired) electrons. The van der Waals surface area contributed by atoms with Crippen LogP contribution in [-0.2, 0) is 11.3 Å². The van der Waals surface area contributed by atoms with Crippen molar-refractivity contribution >= 4 is 11.6 Å². The minimum atomic E-state index is -0.361. The molecular weight excluding hydrogens is 390 g/mol. The number of rotatable bonds is 7. The molecule has 1 fully saturated rings. The average molecular weight is 412 g/mol. The van der Waals surface area contributed by atoms with E-state index >= 15 is 0 Å². The van der Waals surface area contributed by atoms with Crippen molar-refractivity contribution in [2.75, 3.05) is 13.7 Å². The van der Waals surface area contributed by atoms with Crippen LogP contribution in [0.4, 0.5) is 0 Å². The molecule has 0 amide bonds. The van der Waals surface area contributed by atoms with Crippen molar-refractivity contribution in [2.24, 2.45) is 5.41 Å². The SMILES string of the molecule is COCc1ccc(Cl)c(-c2nc(O)nc(-c3ccc(OCC4(C)CC4)cc3)n2)c1. The maximum absolute atomic E-state index is 10.1. The van der Waals surface area contributed by atoms with Crippen molar-refractivity contribution in [1.82, 2.24) is 15.0 Å². The highest BCUT2D eigenvalue weighted by molar-refractivity contribution is 6.33. The summed E-state index contributed by atoms with van der Waals surface area (Å²) in [5.74, 6) is 1.47. The molecule has 3 aromatic rings. The van der Waals surface area contributed by atoms with Crippen molar-refractivity contribution < 1.29 is 14.6 Å². The van der Waals surface area contributed by atoms with Gasteiger partial charge >= 0.3 is 6.01 Å². The fourth-order valence-electron chi connectivity index (χ4n) is 2.93. The molecule has 1 aliphatic rings. The van der Waals surface area contributed by atoms with Gasteiger partial charge in [0, 0.05) is 23.7 Å². The first-order valence-electron chi connectivity index (χ1n) is 9.42. The molecule has 0 saturated heterocycles. The molecule has 7 heteroatoms. The van der Waals surface area contributed by atoms with Crippen LogP contribution in [0.3, 0.4) is 0 Å². The van der Waals surface area contributed by atoms with E-state index in [4.69, 9.17) is 21.1 Å². The van der Waals surface area contributed by atoms with Gasteiger partial charge in [0.25, 0.3) is 0 Å². The minimum Gasteiger partial charge on any atom is -0.493 e. The van der Waals surface area contributed by atoms with Crippen LogP contribution in [0.2, 0.25) is 5.02 Å². The normalized spacial score (nSPS) is 14.6. The first-order valence-corrected chi connectivity index (χ1v) is 9.80. The van der Waals surface area contributed by atoms with Crippen LogP contribution >= 0.6 is 11.6 Å². The van der Waals surface area contributed by atoms with E-state index in [1.54, 1.807) is 13.2 Å². The quantitative estimate of drug-likeness (QED) is 0.596. The number of hydrogen-bond acceptors (Lipinski definition) is 6. The highest BCUT2D eigenvalue weighted by atomic mass is 35.5. The van der Waals surface area contributed by atoms with Gasteiger partial charge in [0.1, 0.15) is 5.75 Å². The Hall–Kier alpha value is -2.70. The first-order chi connectivity index (χ1) is 14.0. The van der Waals surface area contributed by atoms with E-state index < -0.39 is 0 Å². The largest absolute Gasteiger partial charge is 0.493 e. The predicted octanol–water partition coefficient (Wildman–Crippen LogP) is 4.89. The molecule has 1 aliphatic carbocycles. The summed E-state index contributed by atoms with van der Waals surface area (Å²) < 4.78 is 11.0. The smallest absolute Gasteiger partial charge is 0.318 e. The number of aromatic hydroxyl groups is 1. The summed E-state index contributed by atoms with van der Waals surface area (Å²) in [6.45, 7) is 3.39. The molecular formula is C22H22ClN3O3. The van der Waals surface area contributed by atoms with E-state index in [2.05, 4.69) is 21.9 Å². The van der Waals surface area contributed by atoms with Gasteiger partial charge in [0.2, 0.25) is 0 Å². The Morgan fingerprint density at radius 1 is 1.03 bits per heavy atom. The van der Waals surface area contributed by atoms with Gasteiger partial charge in [0.05, 0.1) is 18.2 Å². The molecule has 1 aromatic heterocycles. The zero-order chi connectivity index (χ0) is 20.4. The monoisotopic (exact) mass is 411 g/mol. The topological polar surface area (TPSA) is 77.4 Å². The molecule has 0 aliphatic heterocycles. The van der Waals surface area contributed by atoms with Crippen LogP contribution in [0, 0.1) is 5.41 Å². The Morgan fingerprint density at radius 2 is 1.76 bits per heavy atom. The highest BCUT2D eigenvalue weighted by Crippen LogP contribution is 2.45.